The van der Waals surface area contributed by atoms with Gasteiger partial charge in [-0.05, 0) is 25.0 Å². The highest BCUT2D eigenvalue weighted by Crippen LogP contribution is 2.28. The molecule has 23 heavy (non-hydrogen) atoms. The van der Waals surface area contributed by atoms with Gasteiger partial charge in [0.25, 0.3) is 5.91 Å². The van der Waals surface area contributed by atoms with E-state index in [2.05, 4.69) is 31.5 Å². The predicted molar refractivity (Wildman–Crippen MR) is 85.1 cm³/mol. The second-order valence-corrected chi connectivity index (χ2v) is 5.80. The van der Waals surface area contributed by atoms with Crippen LogP contribution in [-0.4, -0.2) is 43.2 Å². The smallest absolute Gasteiger partial charge is 0.256 e. The summed E-state index contributed by atoms with van der Waals surface area (Å²) < 4.78 is 2.15. The molecule has 6 heteroatoms. The van der Waals surface area contributed by atoms with Gasteiger partial charge < -0.3 is 9.30 Å². The van der Waals surface area contributed by atoms with Gasteiger partial charge in [0.05, 0.1) is 5.56 Å². The van der Waals surface area contributed by atoms with Gasteiger partial charge in [0.1, 0.15) is 12.0 Å². The summed E-state index contributed by atoms with van der Waals surface area (Å²) in [6.07, 6.45) is 10.3. The van der Waals surface area contributed by atoms with Crippen molar-refractivity contribution in [2.75, 3.05) is 13.1 Å². The lowest BCUT2D eigenvalue weighted by Crippen LogP contribution is -2.38. The molecule has 1 fully saturated rings. The summed E-state index contributed by atoms with van der Waals surface area (Å²) in [6, 6.07) is 6.22. The third kappa shape index (κ3) is 2.56. The summed E-state index contributed by atoms with van der Waals surface area (Å²) in [5.74, 6) is 0.467. The monoisotopic (exact) mass is 307 g/mol. The summed E-state index contributed by atoms with van der Waals surface area (Å²) in [5.41, 5.74) is 2.81. The summed E-state index contributed by atoms with van der Waals surface area (Å²) in [5, 5.41) is 0. The second kappa shape index (κ2) is 5.79. The fourth-order valence-corrected chi connectivity index (χ4v) is 3.27. The number of carbonyl (C=O) groups excluding carboxylic acids is 1. The Morgan fingerprint density at radius 3 is 2.70 bits per heavy atom. The lowest BCUT2D eigenvalue weighted by molar-refractivity contribution is 0.0711. The molecule has 1 aliphatic heterocycles. The van der Waals surface area contributed by atoms with Crippen LogP contribution in [0.15, 0.2) is 49.3 Å². The maximum absolute atomic E-state index is 12.4. The lowest BCUT2D eigenvalue weighted by atomic mass is 9.92. The van der Waals surface area contributed by atoms with Crippen LogP contribution in [0.25, 0.3) is 5.65 Å². The number of rotatable bonds is 2. The summed E-state index contributed by atoms with van der Waals surface area (Å²) in [4.78, 5) is 26.5. The number of hydrogen-bond donors (Lipinski definition) is 0. The minimum absolute atomic E-state index is 0.0184. The quantitative estimate of drug-likeness (QED) is 0.727. The van der Waals surface area contributed by atoms with Gasteiger partial charge in [0, 0.05) is 49.5 Å². The largest absolute Gasteiger partial charge is 0.339 e. The fraction of sp³-hybridized carbons (Fsp3) is 0.294. The van der Waals surface area contributed by atoms with Crippen LogP contribution in [0.5, 0.6) is 0 Å². The molecule has 0 unspecified atom stereocenters. The minimum Gasteiger partial charge on any atom is -0.339 e. The number of aromatic nitrogens is 4. The maximum atomic E-state index is 12.4. The SMILES string of the molecule is O=C(c1cncnc1)N1CCC(c2cccc3nccn23)CC1. The molecular formula is C17H17N5O. The first-order valence-electron chi connectivity index (χ1n) is 7.79. The highest BCUT2D eigenvalue weighted by Gasteiger charge is 2.25. The first kappa shape index (κ1) is 13.9. The normalized spacial score (nSPS) is 15.9. The van der Waals surface area contributed by atoms with E-state index in [1.807, 2.05) is 23.4 Å². The Bertz CT molecular complexity index is 821. The molecule has 4 rings (SSSR count). The topological polar surface area (TPSA) is 63.4 Å². The predicted octanol–water partition coefficient (Wildman–Crippen LogP) is 2.14. The highest BCUT2D eigenvalue weighted by molar-refractivity contribution is 5.93. The molecule has 0 aromatic carbocycles. The molecular weight excluding hydrogens is 290 g/mol. The van der Waals surface area contributed by atoms with E-state index >= 15 is 0 Å². The molecule has 1 amide bonds. The average Bonchev–Trinajstić information content (AvgIpc) is 3.11. The molecule has 0 N–H and O–H groups in total. The number of piperidine rings is 1. The zero-order valence-electron chi connectivity index (χ0n) is 12.7. The number of imidazole rings is 1. The van der Waals surface area contributed by atoms with E-state index in [0.717, 1.165) is 31.6 Å². The molecule has 0 atom stereocenters. The van der Waals surface area contributed by atoms with Gasteiger partial charge in [-0.1, -0.05) is 6.07 Å². The van der Waals surface area contributed by atoms with Crippen molar-refractivity contribution >= 4 is 11.6 Å². The Morgan fingerprint density at radius 1 is 1.13 bits per heavy atom. The van der Waals surface area contributed by atoms with Crippen LogP contribution >= 0.6 is 0 Å². The molecule has 0 saturated carbocycles. The Kier molecular flexibility index (Phi) is 3.49. The number of hydrogen-bond acceptors (Lipinski definition) is 4. The number of amides is 1. The van der Waals surface area contributed by atoms with Crippen LogP contribution in [0.4, 0.5) is 0 Å². The molecule has 4 heterocycles. The Morgan fingerprint density at radius 2 is 1.91 bits per heavy atom. The van der Waals surface area contributed by atoms with Crippen LogP contribution in [0.1, 0.15) is 34.8 Å². The summed E-state index contributed by atoms with van der Waals surface area (Å²) in [7, 11) is 0. The molecule has 3 aromatic rings. The summed E-state index contributed by atoms with van der Waals surface area (Å²) >= 11 is 0. The van der Waals surface area contributed by atoms with Crippen LogP contribution < -0.4 is 0 Å². The van der Waals surface area contributed by atoms with Crippen LogP contribution in [0, 0.1) is 0 Å². The van der Waals surface area contributed by atoms with Gasteiger partial charge in [-0.2, -0.15) is 0 Å². The van der Waals surface area contributed by atoms with Crippen molar-refractivity contribution in [2.24, 2.45) is 0 Å². The van der Waals surface area contributed by atoms with E-state index < -0.39 is 0 Å². The molecule has 0 bridgehead atoms. The van der Waals surface area contributed by atoms with Crippen LogP contribution in [0.3, 0.4) is 0 Å². The molecule has 6 nitrogen and oxygen atoms in total. The number of carbonyl (C=O) groups is 1. The van der Waals surface area contributed by atoms with Crippen LogP contribution in [0.2, 0.25) is 0 Å². The fourth-order valence-electron chi connectivity index (χ4n) is 3.27. The van der Waals surface area contributed by atoms with E-state index in [1.165, 1.54) is 12.0 Å². The zero-order valence-corrected chi connectivity index (χ0v) is 12.7. The van der Waals surface area contributed by atoms with Crippen molar-refractivity contribution in [3.8, 4) is 0 Å². The van der Waals surface area contributed by atoms with E-state index in [0.29, 0.717) is 11.5 Å². The molecule has 0 aliphatic carbocycles. The first-order valence-corrected chi connectivity index (χ1v) is 7.79. The number of fused-ring (bicyclic) bond motifs is 1. The van der Waals surface area contributed by atoms with Crippen molar-refractivity contribution in [2.45, 2.75) is 18.8 Å². The average molecular weight is 307 g/mol. The van der Waals surface area contributed by atoms with Gasteiger partial charge in [-0.25, -0.2) is 15.0 Å². The van der Waals surface area contributed by atoms with Crippen molar-refractivity contribution < 1.29 is 4.79 Å². The number of pyridine rings is 1. The zero-order chi connectivity index (χ0) is 15.6. The second-order valence-electron chi connectivity index (χ2n) is 5.80. The maximum Gasteiger partial charge on any atom is 0.256 e. The lowest BCUT2D eigenvalue weighted by Gasteiger charge is -2.32. The van der Waals surface area contributed by atoms with Crippen molar-refractivity contribution in [3.05, 3.63) is 60.6 Å². The number of nitrogens with zero attached hydrogens (tertiary/aromatic N) is 5. The van der Waals surface area contributed by atoms with E-state index in [9.17, 15) is 4.79 Å². The van der Waals surface area contributed by atoms with Crippen molar-refractivity contribution in [1.82, 2.24) is 24.3 Å². The van der Waals surface area contributed by atoms with Gasteiger partial charge >= 0.3 is 0 Å². The highest BCUT2D eigenvalue weighted by atomic mass is 16.2. The van der Waals surface area contributed by atoms with Crippen LogP contribution in [-0.2, 0) is 0 Å². The summed E-state index contributed by atoms with van der Waals surface area (Å²) in [6.45, 7) is 1.51. The van der Waals surface area contributed by atoms with Gasteiger partial charge in [0.15, 0.2) is 0 Å². The molecule has 1 saturated heterocycles. The van der Waals surface area contributed by atoms with E-state index in [1.54, 1.807) is 12.4 Å². The third-order valence-corrected chi connectivity index (χ3v) is 4.47. The Labute approximate surface area is 133 Å². The van der Waals surface area contributed by atoms with Crippen molar-refractivity contribution in [3.63, 3.8) is 0 Å². The number of likely N-dealkylation sites (tertiary alicyclic amines) is 1. The molecule has 3 aromatic heterocycles. The van der Waals surface area contributed by atoms with Gasteiger partial charge in [0.2, 0.25) is 0 Å². The van der Waals surface area contributed by atoms with Crippen molar-refractivity contribution in [1.29, 1.82) is 0 Å². The third-order valence-electron chi connectivity index (χ3n) is 4.47. The Balaban J connectivity index is 1.49. The van der Waals surface area contributed by atoms with Gasteiger partial charge in [-0.15, -0.1) is 0 Å². The standard InChI is InChI=1S/C17H17N5O/c23-17(14-10-18-12-19-11-14)21-7-4-13(5-8-21)15-2-1-3-16-20-6-9-22(15)16/h1-3,6,9-13H,4-5,7-8H2. The van der Waals surface area contributed by atoms with E-state index in [-0.39, 0.29) is 5.91 Å². The van der Waals surface area contributed by atoms with Gasteiger partial charge in [-0.3, -0.25) is 4.79 Å². The first-order chi connectivity index (χ1) is 11.3. The Hall–Kier alpha value is -2.76. The molecule has 1 aliphatic rings. The minimum atomic E-state index is 0.0184. The molecule has 0 radical (unpaired) electrons. The molecule has 116 valence electrons. The van der Waals surface area contributed by atoms with E-state index in [4.69, 9.17) is 0 Å². The molecule has 0 spiro atoms.